The number of fused-ring (bicyclic) bond motifs is 1. The van der Waals surface area contributed by atoms with Crippen molar-refractivity contribution in [2.24, 2.45) is 10.7 Å². The molecule has 2 N–H and O–H groups in total. The fraction of sp³-hybridized carbons (Fsp3) is 0.154. The Hall–Kier alpha value is -2.01. The van der Waals surface area contributed by atoms with Gasteiger partial charge in [0.2, 0.25) is 0 Å². The molecular formula is C13H11N3OS. The van der Waals surface area contributed by atoms with Crippen LogP contribution in [-0.4, -0.2) is 16.6 Å². The molecule has 18 heavy (non-hydrogen) atoms. The Kier molecular flexibility index (Phi) is 2.68. The van der Waals surface area contributed by atoms with Gasteiger partial charge in [0.25, 0.3) is 5.91 Å². The number of carbonyl (C=O) groups excluding carboxylic acids is 1. The minimum atomic E-state index is -0.483. The summed E-state index contributed by atoms with van der Waals surface area (Å²) in [5.74, 6) is -0.483. The summed E-state index contributed by atoms with van der Waals surface area (Å²) in [6.45, 7) is 0. The van der Waals surface area contributed by atoms with Gasteiger partial charge >= 0.3 is 0 Å². The minimum absolute atomic E-state index is 0.0950. The molecule has 3 rings (SSSR count). The van der Waals surface area contributed by atoms with Crippen molar-refractivity contribution in [2.45, 2.75) is 12.5 Å². The third-order valence-electron chi connectivity index (χ3n) is 2.94. The van der Waals surface area contributed by atoms with Crippen molar-refractivity contribution in [2.75, 3.05) is 0 Å². The molecule has 2 aromatic rings. The third kappa shape index (κ3) is 1.82. The highest BCUT2D eigenvalue weighted by Crippen LogP contribution is 2.30. The lowest BCUT2D eigenvalue weighted by atomic mass is 9.93. The maximum atomic E-state index is 11.5. The Labute approximate surface area is 108 Å². The summed E-state index contributed by atoms with van der Waals surface area (Å²) in [7, 11) is 0. The molecule has 0 saturated heterocycles. The van der Waals surface area contributed by atoms with E-state index in [9.17, 15) is 4.79 Å². The quantitative estimate of drug-likeness (QED) is 0.890. The van der Waals surface area contributed by atoms with E-state index in [2.05, 4.69) is 9.98 Å². The first-order valence-electron chi connectivity index (χ1n) is 5.61. The second-order valence-electron chi connectivity index (χ2n) is 4.09. The Morgan fingerprint density at radius 2 is 2.22 bits per heavy atom. The van der Waals surface area contributed by atoms with Crippen molar-refractivity contribution < 1.29 is 4.79 Å². The smallest absolute Gasteiger partial charge is 0.267 e. The molecule has 1 amide bonds. The van der Waals surface area contributed by atoms with Crippen LogP contribution in [-0.2, 0) is 11.2 Å². The lowest BCUT2D eigenvalue weighted by molar-refractivity contribution is -0.112. The average molecular weight is 257 g/mol. The van der Waals surface area contributed by atoms with Gasteiger partial charge in [-0.05, 0) is 5.56 Å². The SMILES string of the molecule is NC(=O)C1=NC(c2nccs2)Cc2ccccc21. The van der Waals surface area contributed by atoms with Crippen LogP contribution in [0.5, 0.6) is 0 Å². The molecule has 90 valence electrons. The lowest BCUT2D eigenvalue weighted by Gasteiger charge is -2.20. The molecular weight excluding hydrogens is 246 g/mol. The Balaban J connectivity index is 2.10. The number of carbonyl (C=O) groups is 1. The van der Waals surface area contributed by atoms with Gasteiger partial charge in [0, 0.05) is 23.6 Å². The van der Waals surface area contributed by atoms with Crippen LogP contribution in [0.3, 0.4) is 0 Å². The molecule has 1 atom stereocenters. The number of nitrogens with two attached hydrogens (primary N) is 1. The van der Waals surface area contributed by atoms with Gasteiger partial charge in [-0.2, -0.15) is 0 Å². The number of hydrogen-bond acceptors (Lipinski definition) is 4. The van der Waals surface area contributed by atoms with E-state index in [-0.39, 0.29) is 6.04 Å². The van der Waals surface area contributed by atoms with Gasteiger partial charge in [0.1, 0.15) is 16.8 Å². The zero-order valence-electron chi connectivity index (χ0n) is 9.54. The molecule has 5 heteroatoms. The first-order chi connectivity index (χ1) is 8.75. The van der Waals surface area contributed by atoms with Gasteiger partial charge in [-0.1, -0.05) is 24.3 Å². The molecule has 1 unspecified atom stereocenters. The average Bonchev–Trinajstić information content (AvgIpc) is 2.91. The van der Waals surface area contributed by atoms with E-state index in [0.717, 1.165) is 22.6 Å². The van der Waals surface area contributed by atoms with Gasteiger partial charge in [-0.25, -0.2) is 4.98 Å². The van der Waals surface area contributed by atoms with E-state index in [0.29, 0.717) is 5.71 Å². The van der Waals surface area contributed by atoms with E-state index in [4.69, 9.17) is 5.73 Å². The Morgan fingerprint density at radius 1 is 1.39 bits per heavy atom. The molecule has 1 aromatic heterocycles. The molecule has 0 bridgehead atoms. The summed E-state index contributed by atoms with van der Waals surface area (Å²) < 4.78 is 0. The second kappa shape index (κ2) is 4.34. The highest BCUT2D eigenvalue weighted by Gasteiger charge is 2.25. The molecule has 0 spiro atoms. The zero-order chi connectivity index (χ0) is 12.5. The van der Waals surface area contributed by atoms with Gasteiger partial charge < -0.3 is 5.73 Å². The molecule has 0 saturated carbocycles. The van der Waals surface area contributed by atoms with Crippen molar-refractivity contribution in [3.8, 4) is 0 Å². The van der Waals surface area contributed by atoms with Crippen LogP contribution in [0, 0.1) is 0 Å². The monoisotopic (exact) mass is 257 g/mol. The van der Waals surface area contributed by atoms with Crippen LogP contribution in [0.1, 0.15) is 22.2 Å². The molecule has 4 nitrogen and oxygen atoms in total. The predicted molar refractivity (Wildman–Crippen MR) is 70.7 cm³/mol. The summed E-state index contributed by atoms with van der Waals surface area (Å²) in [5, 5.41) is 2.83. The fourth-order valence-corrected chi connectivity index (χ4v) is 2.82. The molecule has 1 aromatic carbocycles. The summed E-state index contributed by atoms with van der Waals surface area (Å²) in [6.07, 6.45) is 2.51. The topological polar surface area (TPSA) is 68.3 Å². The van der Waals surface area contributed by atoms with E-state index in [1.807, 2.05) is 29.6 Å². The number of hydrogen-bond donors (Lipinski definition) is 1. The number of amides is 1. The highest BCUT2D eigenvalue weighted by atomic mass is 32.1. The molecule has 2 heterocycles. The van der Waals surface area contributed by atoms with E-state index in [1.165, 1.54) is 0 Å². The Morgan fingerprint density at radius 3 is 2.94 bits per heavy atom. The number of rotatable bonds is 2. The molecule has 0 aliphatic carbocycles. The standard InChI is InChI=1S/C13H11N3OS/c14-12(17)11-9-4-2-1-3-8(9)7-10(16-11)13-15-5-6-18-13/h1-6,10H,7H2,(H2,14,17). The van der Waals surface area contributed by atoms with E-state index in [1.54, 1.807) is 17.5 Å². The van der Waals surface area contributed by atoms with Crippen LogP contribution in [0.15, 0.2) is 40.8 Å². The van der Waals surface area contributed by atoms with Crippen molar-refractivity contribution in [3.05, 3.63) is 52.0 Å². The van der Waals surface area contributed by atoms with Crippen LogP contribution >= 0.6 is 11.3 Å². The number of primary amides is 1. The number of benzene rings is 1. The highest BCUT2D eigenvalue weighted by molar-refractivity contribution is 7.09. The number of nitrogens with zero attached hydrogens (tertiary/aromatic N) is 2. The first kappa shape index (κ1) is 11.1. The van der Waals surface area contributed by atoms with E-state index >= 15 is 0 Å². The summed E-state index contributed by atoms with van der Waals surface area (Å²) >= 11 is 1.55. The molecule has 0 radical (unpaired) electrons. The summed E-state index contributed by atoms with van der Waals surface area (Å²) in [6, 6.07) is 7.65. The van der Waals surface area contributed by atoms with Crippen LogP contribution < -0.4 is 5.73 Å². The molecule has 0 fully saturated rings. The number of aliphatic imine (C=N–C) groups is 1. The maximum absolute atomic E-state index is 11.5. The summed E-state index contributed by atoms with van der Waals surface area (Å²) in [5.41, 5.74) is 7.71. The number of aromatic nitrogens is 1. The minimum Gasteiger partial charge on any atom is -0.364 e. The lowest BCUT2D eigenvalue weighted by Crippen LogP contribution is -2.29. The van der Waals surface area contributed by atoms with Crippen LogP contribution in [0.2, 0.25) is 0 Å². The normalized spacial score (nSPS) is 18.0. The molecule has 1 aliphatic heterocycles. The van der Waals surface area contributed by atoms with Crippen LogP contribution in [0.4, 0.5) is 0 Å². The van der Waals surface area contributed by atoms with Gasteiger partial charge in [-0.15, -0.1) is 11.3 Å². The van der Waals surface area contributed by atoms with Crippen molar-refractivity contribution in [1.29, 1.82) is 0 Å². The first-order valence-corrected chi connectivity index (χ1v) is 6.49. The third-order valence-corrected chi connectivity index (χ3v) is 3.82. The van der Waals surface area contributed by atoms with Crippen molar-refractivity contribution in [1.82, 2.24) is 4.98 Å². The molecule has 1 aliphatic rings. The van der Waals surface area contributed by atoms with Gasteiger partial charge in [0.15, 0.2) is 0 Å². The fourth-order valence-electron chi connectivity index (χ4n) is 2.15. The van der Waals surface area contributed by atoms with Gasteiger partial charge in [0.05, 0.1) is 0 Å². The van der Waals surface area contributed by atoms with E-state index < -0.39 is 5.91 Å². The second-order valence-corrected chi connectivity index (χ2v) is 5.02. The largest absolute Gasteiger partial charge is 0.364 e. The predicted octanol–water partition coefficient (Wildman–Crippen LogP) is 1.71. The number of thiazole rings is 1. The maximum Gasteiger partial charge on any atom is 0.267 e. The Bertz CT molecular complexity index is 619. The van der Waals surface area contributed by atoms with Crippen molar-refractivity contribution in [3.63, 3.8) is 0 Å². The van der Waals surface area contributed by atoms with Gasteiger partial charge in [-0.3, -0.25) is 9.79 Å². The van der Waals surface area contributed by atoms with Crippen LogP contribution in [0.25, 0.3) is 0 Å². The summed E-state index contributed by atoms with van der Waals surface area (Å²) in [4.78, 5) is 20.2. The van der Waals surface area contributed by atoms with Crippen molar-refractivity contribution >= 4 is 23.0 Å². The zero-order valence-corrected chi connectivity index (χ0v) is 10.4.